The highest BCUT2D eigenvalue weighted by molar-refractivity contribution is 5.20. The van der Waals surface area contributed by atoms with E-state index < -0.39 is 0 Å². The van der Waals surface area contributed by atoms with E-state index in [1.165, 1.54) is 38.6 Å². The van der Waals surface area contributed by atoms with E-state index in [2.05, 4.69) is 10.6 Å². The van der Waals surface area contributed by atoms with Crippen molar-refractivity contribution in [1.29, 1.82) is 0 Å². The van der Waals surface area contributed by atoms with Gasteiger partial charge in [-0.3, -0.25) is 0 Å². The van der Waals surface area contributed by atoms with Crippen LogP contribution in [-0.2, 0) is 0 Å². The molecule has 0 amide bonds. The second-order valence-corrected chi connectivity index (χ2v) is 6.37. The first kappa shape index (κ1) is 14.9. The number of hydrogen-bond acceptors (Lipinski definition) is 3. The topological polar surface area (TPSA) is 33.3 Å². The van der Waals surface area contributed by atoms with Crippen LogP contribution in [-0.4, -0.2) is 31.8 Å². The fourth-order valence-corrected chi connectivity index (χ4v) is 3.87. The van der Waals surface area contributed by atoms with Gasteiger partial charge in [0.1, 0.15) is 5.75 Å². The third kappa shape index (κ3) is 4.21. The molecule has 0 bridgehead atoms. The fraction of sp³-hybridized carbons (Fsp3) is 0.667. The number of para-hydroxylation sites is 1. The molecule has 1 aromatic rings. The molecular weight excluding hydrogens is 260 g/mol. The lowest BCUT2D eigenvalue weighted by Gasteiger charge is -2.26. The van der Waals surface area contributed by atoms with Gasteiger partial charge in [0.05, 0.1) is 6.61 Å². The quantitative estimate of drug-likeness (QED) is 0.757. The summed E-state index contributed by atoms with van der Waals surface area (Å²) in [6, 6.07) is 11.6. The third-order valence-corrected chi connectivity index (χ3v) is 4.92. The molecule has 2 fully saturated rings. The maximum Gasteiger partial charge on any atom is 0.119 e. The first-order valence-electron chi connectivity index (χ1n) is 8.58. The molecular formula is C18H28N2O. The minimum Gasteiger partial charge on any atom is -0.494 e. The van der Waals surface area contributed by atoms with Gasteiger partial charge in [-0.05, 0) is 63.2 Å². The van der Waals surface area contributed by atoms with Crippen LogP contribution in [0.3, 0.4) is 0 Å². The Morgan fingerprint density at radius 3 is 2.81 bits per heavy atom. The summed E-state index contributed by atoms with van der Waals surface area (Å²) in [5, 5.41) is 7.46. The van der Waals surface area contributed by atoms with Gasteiger partial charge < -0.3 is 15.4 Å². The molecule has 3 heteroatoms. The standard InChI is InChI=1S/C18H28N2O/c1-2-7-15(8-3-1)21-14-6-13-20-17-10-4-9-16(17)18-11-5-12-19-18/h1-3,7-8,16-20H,4-6,9-14H2. The van der Waals surface area contributed by atoms with Crippen LogP contribution in [0.4, 0.5) is 0 Å². The lowest BCUT2D eigenvalue weighted by molar-refractivity contribution is 0.287. The van der Waals surface area contributed by atoms with Crippen LogP contribution in [0.1, 0.15) is 38.5 Å². The molecule has 0 aromatic heterocycles. The normalized spacial score (nSPS) is 28.9. The minimum atomic E-state index is 0.720. The molecule has 3 atom stereocenters. The molecule has 3 rings (SSSR count). The van der Waals surface area contributed by atoms with Crippen LogP contribution in [0.15, 0.2) is 30.3 Å². The fourth-order valence-electron chi connectivity index (χ4n) is 3.87. The van der Waals surface area contributed by atoms with E-state index in [9.17, 15) is 0 Å². The molecule has 1 saturated carbocycles. The van der Waals surface area contributed by atoms with E-state index in [1.807, 2.05) is 30.3 Å². The highest BCUT2D eigenvalue weighted by atomic mass is 16.5. The molecule has 0 radical (unpaired) electrons. The second-order valence-electron chi connectivity index (χ2n) is 6.37. The zero-order valence-electron chi connectivity index (χ0n) is 12.9. The van der Waals surface area contributed by atoms with Gasteiger partial charge in [-0.1, -0.05) is 24.6 Å². The molecule has 1 aromatic carbocycles. The lowest BCUT2D eigenvalue weighted by Crippen LogP contribution is -2.42. The number of nitrogens with one attached hydrogen (secondary N) is 2. The Kier molecular flexibility index (Phi) is 5.53. The Morgan fingerprint density at radius 2 is 2.00 bits per heavy atom. The average Bonchev–Trinajstić information content (AvgIpc) is 3.19. The summed E-state index contributed by atoms with van der Waals surface area (Å²) in [4.78, 5) is 0. The molecule has 3 unspecified atom stereocenters. The molecule has 1 aliphatic heterocycles. The van der Waals surface area contributed by atoms with Crippen molar-refractivity contribution in [2.45, 2.75) is 50.6 Å². The minimum absolute atomic E-state index is 0.720. The number of ether oxygens (including phenoxy) is 1. The van der Waals surface area contributed by atoms with E-state index in [0.29, 0.717) is 0 Å². The second kappa shape index (κ2) is 7.81. The third-order valence-electron chi connectivity index (χ3n) is 4.92. The van der Waals surface area contributed by atoms with Gasteiger partial charge in [-0.25, -0.2) is 0 Å². The van der Waals surface area contributed by atoms with Gasteiger partial charge in [0, 0.05) is 12.1 Å². The summed E-state index contributed by atoms with van der Waals surface area (Å²) in [7, 11) is 0. The molecule has 1 heterocycles. The number of benzene rings is 1. The predicted octanol–water partition coefficient (Wildman–Crippen LogP) is 2.97. The van der Waals surface area contributed by atoms with Crippen molar-refractivity contribution in [3.05, 3.63) is 30.3 Å². The Bertz CT molecular complexity index is 403. The SMILES string of the molecule is c1ccc(OCCCNC2CCCC2C2CCCN2)cc1. The van der Waals surface area contributed by atoms with E-state index in [-0.39, 0.29) is 0 Å². The van der Waals surface area contributed by atoms with E-state index in [1.54, 1.807) is 0 Å². The monoisotopic (exact) mass is 288 g/mol. The van der Waals surface area contributed by atoms with Crippen LogP contribution in [0.5, 0.6) is 5.75 Å². The molecule has 1 saturated heterocycles. The van der Waals surface area contributed by atoms with Crippen molar-refractivity contribution in [1.82, 2.24) is 10.6 Å². The number of rotatable bonds is 7. The van der Waals surface area contributed by atoms with Crippen LogP contribution in [0.2, 0.25) is 0 Å². The summed E-state index contributed by atoms with van der Waals surface area (Å²) >= 11 is 0. The van der Waals surface area contributed by atoms with Gasteiger partial charge >= 0.3 is 0 Å². The maximum absolute atomic E-state index is 5.74. The van der Waals surface area contributed by atoms with Gasteiger partial charge in [-0.15, -0.1) is 0 Å². The van der Waals surface area contributed by atoms with E-state index in [4.69, 9.17) is 4.74 Å². The maximum atomic E-state index is 5.74. The molecule has 116 valence electrons. The van der Waals surface area contributed by atoms with Crippen molar-refractivity contribution in [3.63, 3.8) is 0 Å². The lowest BCUT2D eigenvalue weighted by atomic mass is 9.93. The Balaban J connectivity index is 1.33. The van der Waals surface area contributed by atoms with Crippen LogP contribution in [0.25, 0.3) is 0 Å². The van der Waals surface area contributed by atoms with Crippen molar-refractivity contribution >= 4 is 0 Å². The van der Waals surface area contributed by atoms with E-state index >= 15 is 0 Å². The zero-order valence-corrected chi connectivity index (χ0v) is 12.9. The van der Waals surface area contributed by atoms with Crippen molar-refractivity contribution in [3.8, 4) is 5.75 Å². The van der Waals surface area contributed by atoms with Crippen LogP contribution in [0, 0.1) is 5.92 Å². The summed E-state index contributed by atoms with van der Waals surface area (Å²) in [6.45, 7) is 3.09. The molecule has 21 heavy (non-hydrogen) atoms. The first-order chi connectivity index (χ1) is 10.4. The highest BCUT2D eigenvalue weighted by Gasteiger charge is 2.34. The Labute approximate surface area is 128 Å². The summed E-state index contributed by atoms with van der Waals surface area (Å²) < 4.78 is 5.74. The van der Waals surface area contributed by atoms with Gasteiger partial charge in [0.15, 0.2) is 0 Å². The number of hydrogen-bond donors (Lipinski definition) is 2. The molecule has 3 nitrogen and oxygen atoms in total. The van der Waals surface area contributed by atoms with Crippen molar-refractivity contribution in [2.24, 2.45) is 5.92 Å². The average molecular weight is 288 g/mol. The molecule has 2 aliphatic rings. The predicted molar refractivity (Wildman–Crippen MR) is 86.7 cm³/mol. The van der Waals surface area contributed by atoms with E-state index in [0.717, 1.165) is 43.3 Å². The highest BCUT2D eigenvalue weighted by Crippen LogP contribution is 2.31. The summed E-state index contributed by atoms with van der Waals surface area (Å²) in [5.41, 5.74) is 0. The largest absolute Gasteiger partial charge is 0.494 e. The Hall–Kier alpha value is -1.06. The summed E-state index contributed by atoms with van der Waals surface area (Å²) in [5.74, 6) is 1.83. The molecule has 2 N–H and O–H groups in total. The van der Waals surface area contributed by atoms with Crippen molar-refractivity contribution in [2.75, 3.05) is 19.7 Å². The molecule has 0 spiro atoms. The van der Waals surface area contributed by atoms with Gasteiger partial charge in [0.2, 0.25) is 0 Å². The van der Waals surface area contributed by atoms with Gasteiger partial charge in [0.25, 0.3) is 0 Å². The van der Waals surface area contributed by atoms with Crippen LogP contribution < -0.4 is 15.4 Å². The molecule has 1 aliphatic carbocycles. The van der Waals surface area contributed by atoms with Crippen LogP contribution >= 0.6 is 0 Å². The smallest absolute Gasteiger partial charge is 0.119 e. The Morgan fingerprint density at radius 1 is 1.10 bits per heavy atom. The summed E-state index contributed by atoms with van der Waals surface area (Å²) in [6.07, 6.45) is 7.95. The van der Waals surface area contributed by atoms with Gasteiger partial charge in [-0.2, -0.15) is 0 Å². The zero-order chi connectivity index (χ0) is 14.3. The van der Waals surface area contributed by atoms with Crippen molar-refractivity contribution < 1.29 is 4.74 Å². The first-order valence-corrected chi connectivity index (χ1v) is 8.58.